The summed E-state index contributed by atoms with van der Waals surface area (Å²) in [5.41, 5.74) is -0.533. The Morgan fingerprint density at radius 2 is 1.85 bits per heavy atom. The molecule has 0 aliphatic carbocycles. The van der Waals surface area contributed by atoms with E-state index in [1.807, 2.05) is 6.92 Å². The van der Waals surface area contributed by atoms with Gasteiger partial charge in [-0.15, -0.1) is 0 Å². The second kappa shape index (κ2) is 9.63. The molecule has 0 spiro atoms. The van der Waals surface area contributed by atoms with Crippen molar-refractivity contribution in [2.24, 2.45) is 0 Å². The summed E-state index contributed by atoms with van der Waals surface area (Å²) < 4.78 is 44.9. The van der Waals surface area contributed by atoms with Crippen molar-refractivity contribution in [1.82, 2.24) is 9.62 Å². The van der Waals surface area contributed by atoms with Crippen LogP contribution in [-0.2, 0) is 19.6 Å². The van der Waals surface area contributed by atoms with Gasteiger partial charge >= 0.3 is 5.97 Å². The maximum atomic E-state index is 14.0. The Labute approximate surface area is 153 Å². The topological polar surface area (TPSA) is 92.8 Å². The molecule has 1 rings (SSSR count). The van der Waals surface area contributed by atoms with Gasteiger partial charge in [0.15, 0.2) is 6.61 Å². The van der Waals surface area contributed by atoms with Gasteiger partial charge in [0.1, 0.15) is 5.82 Å². The summed E-state index contributed by atoms with van der Waals surface area (Å²) in [5, 5.41) is 2.60. The molecule has 1 N–H and O–H groups in total. The van der Waals surface area contributed by atoms with Gasteiger partial charge in [-0.2, -0.15) is 4.31 Å². The molecule has 9 heteroatoms. The van der Waals surface area contributed by atoms with Crippen LogP contribution in [-0.4, -0.2) is 50.3 Å². The molecule has 7 nitrogen and oxygen atoms in total. The van der Waals surface area contributed by atoms with Gasteiger partial charge in [-0.3, -0.25) is 4.79 Å². The highest BCUT2D eigenvalue weighted by atomic mass is 32.2. The SMILES string of the molecule is CC[C@@H](C)NC(=O)COC(=O)c1cc(S(=O)(=O)N(CC)CC)ccc1F. The fourth-order valence-corrected chi connectivity index (χ4v) is 3.65. The molecule has 146 valence electrons. The largest absolute Gasteiger partial charge is 0.452 e. The summed E-state index contributed by atoms with van der Waals surface area (Å²) in [4.78, 5) is 23.5. The van der Waals surface area contributed by atoms with E-state index < -0.39 is 39.9 Å². The molecule has 0 aliphatic rings. The van der Waals surface area contributed by atoms with Crippen LogP contribution in [0.1, 0.15) is 44.5 Å². The maximum absolute atomic E-state index is 14.0. The van der Waals surface area contributed by atoms with Gasteiger partial charge in [0.2, 0.25) is 10.0 Å². The van der Waals surface area contributed by atoms with Gasteiger partial charge in [0.25, 0.3) is 5.91 Å². The summed E-state index contributed by atoms with van der Waals surface area (Å²) in [6.45, 7) is 6.94. The molecule has 1 aromatic rings. The summed E-state index contributed by atoms with van der Waals surface area (Å²) in [6.07, 6.45) is 0.708. The van der Waals surface area contributed by atoms with E-state index in [0.717, 1.165) is 18.2 Å². The normalized spacial score (nSPS) is 12.7. The van der Waals surface area contributed by atoms with E-state index in [9.17, 15) is 22.4 Å². The van der Waals surface area contributed by atoms with Crippen LogP contribution in [0.15, 0.2) is 23.1 Å². The highest BCUT2D eigenvalue weighted by molar-refractivity contribution is 7.89. The van der Waals surface area contributed by atoms with Crippen molar-refractivity contribution in [3.05, 3.63) is 29.6 Å². The Bertz CT molecular complexity index is 748. The van der Waals surface area contributed by atoms with E-state index >= 15 is 0 Å². The lowest BCUT2D eigenvalue weighted by Gasteiger charge is -2.18. The van der Waals surface area contributed by atoms with Gasteiger partial charge in [0.05, 0.1) is 10.5 Å². The highest BCUT2D eigenvalue weighted by Crippen LogP contribution is 2.19. The third kappa shape index (κ3) is 5.50. The van der Waals surface area contributed by atoms with Gasteiger partial charge < -0.3 is 10.1 Å². The van der Waals surface area contributed by atoms with Crippen LogP contribution >= 0.6 is 0 Å². The monoisotopic (exact) mass is 388 g/mol. The Morgan fingerprint density at radius 3 is 2.38 bits per heavy atom. The number of esters is 1. The first-order valence-electron chi connectivity index (χ1n) is 8.43. The predicted molar refractivity (Wildman–Crippen MR) is 94.7 cm³/mol. The number of nitrogens with zero attached hydrogens (tertiary/aromatic N) is 1. The van der Waals surface area contributed by atoms with Crippen molar-refractivity contribution < 1.29 is 27.1 Å². The fraction of sp³-hybridized carbons (Fsp3) is 0.529. The van der Waals surface area contributed by atoms with E-state index in [0.29, 0.717) is 6.42 Å². The first-order valence-corrected chi connectivity index (χ1v) is 9.87. The number of halogens is 1. The summed E-state index contributed by atoms with van der Waals surface area (Å²) in [7, 11) is -3.84. The highest BCUT2D eigenvalue weighted by Gasteiger charge is 2.25. The van der Waals surface area contributed by atoms with Crippen molar-refractivity contribution in [2.45, 2.75) is 45.1 Å². The van der Waals surface area contributed by atoms with Crippen molar-refractivity contribution in [3.8, 4) is 0 Å². The third-order valence-corrected chi connectivity index (χ3v) is 5.90. The zero-order chi connectivity index (χ0) is 19.9. The minimum atomic E-state index is -3.84. The van der Waals surface area contributed by atoms with E-state index in [2.05, 4.69) is 5.32 Å². The summed E-state index contributed by atoms with van der Waals surface area (Å²) in [5.74, 6) is -2.53. The molecule has 1 atom stereocenters. The van der Waals surface area contributed by atoms with Gasteiger partial charge in [-0.05, 0) is 31.5 Å². The van der Waals surface area contributed by atoms with Gasteiger partial charge in [0, 0.05) is 19.1 Å². The minimum absolute atomic E-state index is 0.0829. The molecular weight excluding hydrogens is 363 g/mol. The zero-order valence-electron chi connectivity index (χ0n) is 15.4. The van der Waals surface area contributed by atoms with Crippen LogP contribution < -0.4 is 5.32 Å². The summed E-state index contributed by atoms with van der Waals surface area (Å²) >= 11 is 0. The lowest BCUT2D eigenvalue weighted by molar-refractivity contribution is -0.124. The minimum Gasteiger partial charge on any atom is -0.452 e. The number of hydrogen-bond donors (Lipinski definition) is 1. The summed E-state index contributed by atoms with van der Waals surface area (Å²) in [6, 6.07) is 2.83. The second-order valence-corrected chi connectivity index (χ2v) is 7.62. The number of carbonyl (C=O) groups is 2. The molecule has 0 aliphatic heterocycles. The standard InChI is InChI=1S/C17H25FN2O5S/c1-5-12(4)19-16(21)11-25-17(22)14-10-13(8-9-15(14)18)26(23,24)20(6-2)7-3/h8-10,12H,5-7,11H2,1-4H3,(H,19,21)/t12-/m1/s1. The Hall–Kier alpha value is -2.00. The maximum Gasteiger partial charge on any atom is 0.341 e. The fourth-order valence-electron chi connectivity index (χ4n) is 2.16. The van der Waals surface area contributed by atoms with E-state index in [1.54, 1.807) is 20.8 Å². The Kier molecular flexibility index (Phi) is 8.16. The van der Waals surface area contributed by atoms with Gasteiger partial charge in [-0.25, -0.2) is 17.6 Å². The molecule has 26 heavy (non-hydrogen) atoms. The lowest BCUT2D eigenvalue weighted by Crippen LogP contribution is -2.35. The third-order valence-electron chi connectivity index (χ3n) is 3.86. The number of ether oxygens (including phenoxy) is 1. The van der Waals surface area contributed by atoms with E-state index in [4.69, 9.17) is 4.74 Å². The van der Waals surface area contributed by atoms with Crippen LogP contribution in [0.25, 0.3) is 0 Å². The molecular formula is C17H25FN2O5S. The quantitative estimate of drug-likeness (QED) is 0.653. The average molecular weight is 388 g/mol. The van der Waals surface area contributed by atoms with Crippen LogP contribution in [0.5, 0.6) is 0 Å². The first-order chi connectivity index (χ1) is 12.2. The van der Waals surface area contributed by atoms with Crippen molar-refractivity contribution in [2.75, 3.05) is 19.7 Å². The molecule has 1 aromatic carbocycles. The average Bonchev–Trinajstić information content (AvgIpc) is 2.60. The zero-order valence-corrected chi connectivity index (χ0v) is 16.2. The molecule has 0 fully saturated rings. The van der Waals surface area contributed by atoms with Crippen molar-refractivity contribution in [3.63, 3.8) is 0 Å². The number of rotatable bonds is 9. The Balaban J connectivity index is 2.97. The molecule has 0 unspecified atom stereocenters. The smallest absolute Gasteiger partial charge is 0.341 e. The van der Waals surface area contributed by atoms with Crippen LogP contribution in [0.3, 0.4) is 0 Å². The molecule has 0 bridgehead atoms. The first kappa shape index (κ1) is 22.0. The molecule has 1 amide bonds. The molecule has 0 saturated carbocycles. The number of sulfonamides is 1. The predicted octanol–water partition coefficient (Wildman–Crippen LogP) is 1.93. The Morgan fingerprint density at radius 1 is 1.23 bits per heavy atom. The van der Waals surface area contributed by atoms with Crippen molar-refractivity contribution >= 4 is 21.9 Å². The number of hydrogen-bond acceptors (Lipinski definition) is 5. The van der Waals surface area contributed by atoms with Crippen LogP contribution in [0.2, 0.25) is 0 Å². The number of benzene rings is 1. The molecule has 0 saturated heterocycles. The number of amides is 1. The van der Waals surface area contributed by atoms with Crippen LogP contribution in [0.4, 0.5) is 4.39 Å². The van der Waals surface area contributed by atoms with Gasteiger partial charge in [-0.1, -0.05) is 20.8 Å². The molecule has 0 radical (unpaired) electrons. The second-order valence-electron chi connectivity index (χ2n) is 5.68. The van der Waals surface area contributed by atoms with Crippen molar-refractivity contribution in [1.29, 1.82) is 0 Å². The van der Waals surface area contributed by atoms with Crippen LogP contribution in [0, 0.1) is 5.82 Å². The molecule has 0 heterocycles. The lowest BCUT2D eigenvalue weighted by atomic mass is 10.2. The van der Waals surface area contributed by atoms with E-state index in [-0.39, 0.29) is 24.0 Å². The number of nitrogens with one attached hydrogen (secondary N) is 1. The molecule has 0 aromatic heterocycles. The number of carbonyl (C=O) groups excluding carboxylic acids is 2. The van der Waals surface area contributed by atoms with E-state index in [1.165, 1.54) is 4.31 Å².